The number of aryl methyl sites for hydroxylation is 1. The summed E-state index contributed by atoms with van der Waals surface area (Å²) in [6.07, 6.45) is 0.689. The summed E-state index contributed by atoms with van der Waals surface area (Å²) in [6, 6.07) is 7.13. The summed E-state index contributed by atoms with van der Waals surface area (Å²) in [5.41, 5.74) is 1.53. The summed E-state index contributed by atoms with van der Waals surface area (Å²) in [7, 11) is 0. The second-order valence-corrected chi connectivity index (χ2v) is 3.69. The number of hydrogen-bond acceptors (Lipinski definition) is 0. The van der Waals surface area contributed by atoms with Gasteiger partial charge in [0.25, 0.3) is 0 Å². The van der Waals surface area contributed by atoms with Gasteiger partial charge in [-0.1, -0.05) is 18.2 Å². The zero-order valence-corrected chi connectivity index (χ0v) is 8.25. The van der Waals surface area contributed by atoms with Crippen molar-refractivity contribution in [3.05, 3.63) is 36.0 Å². The van der Waals surface area contributed by atoms with Gasteiger partial charge in [0.2, 0.25) is 0 Å². The molecule has 2 aromatic rings. The first-order chi connectivity index (χ1) is 6.97. The Bertz CT molecular complexity index is 487. The Hall–Kier alpha value is -1.39. The summed E-state index contributed by atoms with van der Waals surface area (Å²) in [4.78, 5) is 0. The molecule has 0 fully saturated rings. The zero-order valence-electron chi connectivity index (χ0n) is 8.25. The summed E-state index contributed by atoms with van der Waals surface area (Å²) in [5, 5.41) is 0.887. The van der Waals surface area contributed by atoms with E-state index in [4.69, 9.17) is 0 Å². The van der Waals surface area contributed by atoms with Crippen LogP contribution in [0.1, 0.15) is 5.56 Å². The summed E-state index contributed by atoms with van der Waals surface area (Å²) in [6.45, 7) is -2.97. The van der Waals surface area contributed by atoms with Gasteiger partial charge in [-0.25, -0.2) is 0 Å². The van der Waals surface area contributed by atoms with Gasteiger partial charge in [-0.3, -0.25) is 0 Å². The van der Waals surface area contributed by atoms with Gasteiger partial charge < -0.3 is 17.5 Å². The molecular formula is C10H10BF3N-. The number of aromatic nitrogens is 1. The Morgan fingerprint density at radius 1 is 1.20 bits per heavy atom. The van der Waals surface area contributed by atoms with Crippen LogP contribution in [0.25, 0.3) is 10.9 Å². The Morgan fingerprint density at radius 2 is 1.87 bits per heavy atom. The molecule has 0 amide bonds. The zero-order chi connectivity index (χ0) is 11.1. The molecule has 1 nitrogen and oxygen atoms in total. The highest BCUT2D eigenvalue weighted by Crippen LogP contribution is 2.23. The number of nitrogens with zero attached hydrogens (tertiary/aromatic N) is 1. The number of rotatable bonds is 2. The lowest BCUT2D eigenvalue weighted by atomic mass is 9.92. The van der Waals surface area contributed by atoms with Crippen LogP contribution in [-0.4, -0.2) is 11.5 Å². The first-order valence-corrected chi connectivity index (χ1v) is 4.73. The van der Waals surface area contributed by atoms with Gasteiger partial charge >= 0.3 is 6.98 Å². The smallest absolute Gasteiger partial charge is 0.448 e. The number of fused-ring (bicyclic) bond motifs is 1. The molecule has 2 rings (SSSR count). The number of hydrogen-bond donors (Lipinski definition) is 0. The van der Waals surface area contributed by atoms with Crippen molar-refractivity contribution in [1.29, 1.82) is 0 Å². The number of halogens is 3. The highest BCUT2D eigenvalue weighted by molar-refractivity contribution is 6.57. The molecule has 5 heteroatoms. The molecule has 1 heterocycles. The normalized spacial score (nSPS) is 12.3. The van der Waals surface area contributed by atoms with E-state index < -0.39 is 13.4 Å². The van der Waals surface area contributed by atoms with Crippen molar-refractivity contribution in [3.8, 4) is 0 Å². The van der Waals surface area contributed by atoms with Gasteiger partial charge in [0.05, 0.1) is 0 Å². The van der Waals surface area contributed by atoms with Crippen LogP contribution in [0.15, 0.2) is 30.5 Å². The van der Waals surface area contributed by atoms with Crippen LogP contribution in [0.4, 0.5) is 12.9 Å². The van der Waals surface area contributed by atoms with Crippen LogP contribution < -0.4 is 0 Å². The van der Waals surface area contributed by atoms with E-state index in [1.54, 1.807) is 18.3 Å². The van der Waals surface area contributed by atoms with E-state index in [2.05, 4.69) is 0 Å². The Morgan fingerprint density at radius 3 is 2.53 bits per heavy atom. The Kier molecular flexibility index (Phi) is 2.25. The molecule has 0 unspecified atom stereocenters. The van der Waals surface area contributed by atoms with Gasteiger partial charge in [0.15, 0.2) is 0 Å². The summed E-state index contributed by atoms with van der Waals surface area (Å²) >= 11 is 0. The van der Waals surface area contributed by atoms with E-state index >= 15 is 0 Å². The fourth-order valence-corrected chi connectivity index (χ4v) is 1.80. The van der Waals surface area contributed by atoms with Gasteiger partial charge in [0, 0.05) is 17.1 Å². The van der Waals surface area contributed by atoms with Gasteiger partial charge in [-0.2, -0.15) is 0 Å². The van der Waals surface area contributed by atoms with Crippen LogP contribution in [0, 0.1) is 6.92 Å². The van der Waals surface area contributed by atoms with E-state index in [1.807, 2.05) is 19.1 Å². The molecule has 0 N–H and O–H groups in total. The molecule has 0 atom stereocenters. The minimum atomic E-state index is -4.79. The molecular weight excluding hydrogens is 202 g/mol. The summed E-state index contributed by atoms with van der Waals surface area (Å²) in [5.74, 6) is 0. The van der Waals surface area contributed by atoms with Crippen LogP contribution in [0.2, 0.25) is 0 Å². The van der Waals surface area contributed by atoms with Crippen molar-refractivity contribution in [2.75, 3.05) is 0 Å². The van der Waals surface area contributed by atoms with Crippen molar-refractivity contribution in [2.24, 2.45) is 0 Å². The predicted molar refractivity (Wildman–Crippen MR) is 55.8 cm³/mol. The highest BCUT2D eigenvalue weighted by atomic mass is 19.4. The molecule has 0 aliphatic carbocycles. The van der Waals surface area contributed by atoms with Crippen LogP contribution in [-0.2, 0) is 6.44 Å². The Balaban J connectivity index is 2.53. The molecule has 0 saturated carbocycles. The molecule has 1 aromatic heterocycles. The van der Waals surface area contributed by atoms with Crippen molar-refractivity contribution >= 4 is 17.9 Å². The topological polar surface area (TPSA) is 4.93 Å². The highest BCUT2D eigenvalue weighted by Gasteiger charge is 2.24. The number of para-hydroxylation sites is 1. The molecule has 0 bridgehead atoms. The van der Waals surface area contributed by atoms with E-state index in [-0.39, 0.29) is 0 Å². The molecule has 1 aromatic carbocycles. The summed E-state index contributed by atoms with van der Waals surface area (Å²) < 4.78 is 38.2. The maximum Gasteiger partial charge on any atom is 0.497 e. The predicted octanol–water partition coefficient (Wildman–Crippen LogP) is 3.34. The van der Waals surface area contributed by atoms with E-state index in [0.717, 1.165) is 10.9 Å². The van der Waals surface area contributed by atoms with E-state index in [1.165, 1.54) is 4.57 Å². The fourth-order valence-electron chi connectivity index (χ4n) is 1.80. The monoisotopic (exact) mass is 212 g/mol. The lowest BCUT2D eigenvalue weighted by Gasteiger charge is -2.15. The van der Waals surface area contributed by atoms with Crippen molar-refractivity contribution < 1.29 is 12.9 Å². The molecule has 15 heavy (non-hydrogen) atoms. The standard InChI is InChI=1S/C10H10BF3N/c1-8-6-15(7-11(12,13)14)10-5-3-2-4-9(8)10/h2-6H,7H2,1H3/q-1. The van der Waals surface area contributed by atoms with E-state index in [0.29, 0.717) is 5.52 Å². The lowest BCUT2D eigenvalue weighted by Crippen LogP contribution is -2.23. The third kappa shape index (κ3) is 2.01. The quantitative estimate of drug-likeness (QED) is 0.672. The van der Waals surface area contributed by atoms with Crippen molar-refractivity contribution in [2.45, 2.75) is 13.4 Å². The first-order valence-electron chi connectivity index (χ1n) is 4.73. The third-order valence-electron chi connectivity index (χ3n) is 2.39. The maximum atomic E-state index is 12.3. The average molecular weight is 212 g/mol. The van der Waals surface area contributed by atoms with Crippen LogP contribution >= 0.6 is 0 Å². The van der Waals surface area contributed by atoms with Gasteiger partial charge in [-0.15, -0.1) is 0 Å². The maximum absolute atomic E-state index is 12.3. The largest absolute Gasteiger partial charge is 0.497 e. The van der Waals surface area contributed by atoms with Gasteiger partial charge in [0.1, 0.15) is 0 Å². The molecule has 80 valence electrons. The van der Waals surface area contributed by atoms with E-state index in [9.17, 15) is 12.9 Å². The second-order valence-electron chi connectivity index (χ2n) is 3.69. The molecule has 0 radical (unpaired) electrons. The minimum absolute atomic E-state index is 0.647. The lowest BCUT2D eigenvalue weighted by molar-refractivity contribution is 0.448. The van der Waals surface area contributed by atoms with Crippen molar-refractivity contribution in [1.82, 2.24) is 4.57 Å². The fraction of sp³-hybridized carbons (Fsp3) is 0.200. The minimum Gasteiger partial charge on any atom is -0.448 e. The second kappa shape index (κ2) is 3.33. The average Bonchev–Trinajstić information content (AvgIpc) is 2.42. The van der Waals surface area contributed by atoms with Crippen LogP contribution in [0.3, 0.4) is 0 Å². The molecule has 0 aliphatic heterocycles. The third-order valence-corrected chi connectivity index (χ3v) is 2.39. The Labute approximate surface area is 85.6 Å². The SMILES string of the molecule is Cc1cn(C[B-](F)(F)F)c2ccccc12. The van der Waals surface area contributed by atoms with Crippen LogP contribution in [0.5, 0.6) is 0 Å². The molecule has 0 aliphatic rings. The molecule has 0 spiro atoms. The van der Waals surface area contributed by atoms with Crippen molar-refractivity contribution in [3.63, 3.8) is 0 Å². The van der Waals surface area contributed by atoms with Gasteiger partial charge in [-0.05, 0) is 25.0 Å². The number of benzene rings is 1. The molecule has 0 saturated heterocycles. The first kappa shape index (κ1) is 10.1.